The zero-order valence-electron chi connectivity index (χ0n) is 8.63. The first-order chi connectivity index (χ1) is 6.83. The van der Waals surface area contributed by atoms with Gasteiger partial charge in [0.1, 0.15) is 0 Å². The lowest BCUT2D eigenvalue weighted by Gasteiger charge is -2.07. The first-order valence-corrected chi connectivity index (χ1v) is 6.55. The summed E-state index contributed by atoms with van der Waals surface area (Å²) in [6.07, 6.45) is 7.17. The lowest BCUT2D eigenvalue weighted by atomic mass is 10.1. The number of rotatable bonds is 6. The third kappa shape index (κ3) is 4.86. The first-order valence-electron chi connectivity index (χ1n) is 5.40. The van der Waals surface area contributed by atoms with Crippen LogP contribution in [0.25, 0.3) is 0 Å². The molecular weight excluding hydrogens is 196 g/mol. The van der Waals surface area contributed by atoms with Crippen LogP contribution < -0.4 is 11.3 Å². The normalized spacial score (nSPS) is 17.2. The molecule has 0 aromatic rings. The van der Waals surface area contributed by atoms with Gasteiger partial charge >= 0.3 is 0 Å². The summed E-state index contributed by atoms with van der Waals surface area (Å²) in [5.41, 5.74) is 2.15. The van der Waals surface area contributed by atoms with Gasteiger partial charge in [-0.15, -0.1) is 0 Å². The van der Waals surface area contributed by atoms with Crippen LogP contribution in [0.1, 0.15) is 38.5 Å². The topological polar surface area (TPSA) is 55.1 Å². The lowest BCUT2D eigenvalue weighted by Crippen LogP contribution is -2.29. The van der Waals surface area contributed by atoms with Crippen LogP contribution in [-0.4, -0.2) is 17.4 Å². The molecule has 0 radical (unpaired) electrons. The van der Waals surface area contributed by atoms with E-state index in [4.69, 9.17) is 5.84 Å². The van der Waals surface area contributed by atoms with Gasteiger partial charge in [-0.25, -0.2) is 5.84 Å². The van der Waals surface area contributed by atoms with E-state index in [1.807, 2.05) is 11.8 Å². The number of hydrogen-bond acceptors (Lipinski definition) is 3. The summed E-state index contributed by atoms with van der Waals surface area (Å²) in [5.74, 6) is 8.25. The molecule has 1 amide bonds. The Morgan fingerprint density at radius 2 is 2.14 bits per heavy atom. The summed E-state index contributed by atoms with van der Waals surface area (Å²) < 4.78 is 0. The summed E-state index contributed by atoms with van der Waals surface area (Å²) in [5, 5.41) is 0. The number of nitrogens with one attached hydrogen (secondary N) is 1. The van der Waals surface area contributed by atoms with E-state index in [1.54, 1.807) is 0 Å². The van der Waals surface area contributed by atoms with E-state index in [0.29, 0.717) is 6.42 Å². The number of hydrazine groups is 1. The minimum Gasteiger partial charge on any atom is -0.294 e. The molecule has 0 aliphatic heterocycles. The molecule has 0 bridgehead atoms. The van der Waals surface area contributed by atoms with E-state index in [0.717, 1.165) is 18.1 Å². The minimum absolute atomic E-state index is 0.0496. The Morgan fingerprint density at radius 3 is 2.79 bits per heavy atom. The fourth-order valence-corrected chi connectivity index (χ4v) is 3.02. The fourth-order valence-electron chi connectivity index (χ4n) is 1.83. The highest BCUT2D eigenvalue weighted by molar-refractivity contribution is 7.99. The molecule has 1 fully saturated rings. The molecule has 82 valence electrons. The molecule has 0 aromatic heterocycles. The van der Waals surface area contributed by atoms with Gasteiger partial charge in [0.25, 0.3) is 0 Å². The molecule has 1 rings (SSSR count). The molecule has 0 aromatic carbocycles. The van der Waals surface area contributed by atoms with E-state index in [-0.39, 0.29) is 5.91 Å². The minimum atomic E-state index is -0.0496. The van der Waals surface area contributed by atoms with Crippen LogP contribution in [0.3, 0.4) is 0 Å². The predicted octanol–water partition coefficient (Wildman–Crippen LogP) is 1.68. The van der Waals surface area contributed by atoms with Gasteiger partial charge in [-0.2, -0.15) is 11.8 Å². The van der Waals surface area contributed by atoms with Crippen molar-refractivity contribution in [2.24, 2.45) is 11.8 Å². The van der Waals surface area contributed by atoms with Crippen molar-refractivity contribution in [1.29, 1.82) is 0 Å². The van der Waals surface area contributed by atoms with Crippen molar-refractivity contribution in [2.45, 2.75) is 38.5 Å². The fraction of sp³-hybridized carbons (Fsp3) is 0.900. The van der Waals surface area contributed by atoms with Crippen molar-refractivity contribution in [1.82, 2.24) is 5.43 Å². The Balaban J connectivity index is 1.86. The zero-order valence-corrected chi connectivity index (χ0v) is 9.44. The Morgan fingerprint density at radius 1 is 1.43 bits per heavy atom. The smallest absolute Gasteiger partial charge is 0.233 e. The van der Waals surface area contributed by atoms with E-state index >= 15 is 0 Å². The summed E-state index contributed by atoms with van der Waals surface area (Å²) in [6, 6.07) is 0. The van der Waals surface area contributed by atoms with Crippen LogP contribution >= 0.6 is 11.8 Å². The molecule has 3 N–H and O–H groups in total. The molecule has 0 spiro atoms. The average molecular weight is 216 g/mol. The van der Waals surface area contributed by atoms with Gasteiger partial charge in [0.05, 0.1) is 0 Å². The summed E-state index contributed by atoms with van der Waals surface area (Å²) in [6.45, 7) is 0. The number of thioether (sulfide) groups is 1. The zero-order chi connectivity index (χ0) is 10.2. The van der Waals surface area contributed by atoms with E-state index in [1.165, 1.54) is 31.4 Å². The van der Waals surface area contributed by atoms with Gasteiger partial charge in [0.15, 0.2) is 0 Å². The highest BCUT2D eigenvalue weighted by Crippen LogP contribution is 2.27. The molecule has 1 saturated carbocycles. The predicted molar refractivity (Wildman–Crippen MR) is 60.8 cm³/mol. The highest BCUT2D eigenvalue weighted by Gasteiger charge is 2.14. The molecule has 3 nitrogen and oxygen atoms in total. The Kier molecular flexibility index (Phi) is 6.03. The first kappa shape index (κ1) is 11.9. The Labute approximate surface area is 90.2 Å². The number of nitrogens with two attached hydrogens (primary N) is 1. The quantitative estimate of drug-likeness (QED) is 0.307. The maximum Gasteiger partial charge on any atom is 0.233 e. The average Bonchev–Trinajstić information content (AvgIpc) is 2.69. The second-order valence-electron chi connectivity index (χ2n) is 3.90. The monoisotopic (exact) mass is 216 g/mol. The standard InChI is InChI=1S/C10H20N2OS/c11-12-10(13)6-3-7-14-8-9-4-1-2-5-9/h9H,1-8,11H2,(H,12,13). The van der Waals surface area contributed by atoms with Gasteiger partial charge in [-0.05, 0) is 36.7 Å². The third-order valence-corrected chi connectivity index (χ3v) is 3.97. The van der Waals surface area contributed by atoms with Crippen molar-refractivity contribution in [3.05, 3.63) is 0 Å². The Bertz CT molecular complexity index is 170. The van der Waals surface area contributed by atoms with Crippen LogP contribution in [0.4, 0.5) is 0 Å². The van der Waals surface area contributed by atoms with Gasteiger partial charge < -0.3 is 0 Å². The van der Waals surface area contributed by atoms with Gasteiger partial charge in [-0.3, -0.25) is 10.2 Å². The molecule has 0 heterocycles. The second-order valence-corrected chi connectivity index (χ2v) is 5.05. The molecule has 1 aliphatic rings. The molecule has 4 heteroatoms. The maximum absolute atomic E-state index is 10.8. The van der Waals surface area contributed by atoms with Crippen molar-refractivity contribution >= 4 is 17.7 Å². The number of carbonyl (C=O) groups excluding carboxylic acids is 1. The molecule has 14 heavy (non-hydrogen) atoms. The van der Waals surface area contributed by atoms with Gasteiger partial charge in [0.2, 0.25) is 5.91 Å². The second kappa shape index (κ2) is 7.12. The molecule has 0 saturated heterocycles. The number of carbonyl (C=O) groups is 1. The maximum atomic E-state index is 10.8. The van der Waals surface area contributed by atoms with E-state index in [9.17, 15) is 4.79 Å². The van der Waals surface area contributed by atoms with Crippen molar-refractivity contribution in [2.75, 3.05) is 11.5 Å². The van der Waals surface area contributed by atoms with Crippen molar-refractivity contribution in [3.8, 4) is 0 Å². The third-order valence-electron chi connectivity index (χ3n) is 2.68. The molecular formula is C10H20N2OS. The SMILES string of the molecule is NNC(=O)CCCSCC1CCCC1. The van der Waals surface area contributed by atoms with Crippen LogP contribution in [0.15, 0.2) is 0 Å². The summed E-state index contributed by atoms with van der Waals surface area (Å²) in [4.78, 5) is 10.8. The van der Waals surface area contributed by atoms with Crippen LogP contribution in [0.5, 0.6) is 0 Å². The van der Waals surface area contributed by atoms with Crippen molar-refractivity contribution in [3.63, 3.8) is 0 Å². The lowest BCUT2D eigenvalue weighted by molar-refractivity contribution is -0.121. The Hall–Kier alpha value is -0.220. The van der Waals surface area contributed by atoms with Crippen LogP contribution in [-0.2, 0) is 4.79 Å². The van der Waals surface area contributed by atoms with E-state index < -0.39 is 0 Å². The number of hydrogen-bond donors (Lipinski definition) is 2. The summed E-state index contributed by atoms with van der Waals surface area (Å²) >= 11 is 1.98. The largest absolute Gasteiger partial charge is 0.294 e. The number of amides is 1. The van der Waals surface area contributed by atoms with Crippen molar-refractivity contribution < 1.29 is 4.79 Å². The van der Waals surface area contributed by atoms with Crippen LogP contribution in [0, 0.1) is 5.92 Å². The van der Waals surface area contributed by atoms with Gasteiger partial charge in [-0.1, -0.05) is 12.8 Å². The summed E-state index contributed by atoms with van der Waals surface area (Å²) in [7, 11) is 0. The molecule has 0 unspecified atom stereocenters. The van der Waals surface area contributed by atoms with E-state index in [2.05, 4.69) is 5.43 Å². The van der Waals surface area contributed by atoms with Crippen LogP contribution in [0.2, 0.25) is 0 Å². The van der Waals surface area contributed by atoms with Gasteiger partial charge in [0, 0.05) is 6.42 Å². The molecule has 0 atom stereocenters. The highest BCUT2D eigenvalue weighted by atomic mass is 32.2. The molecule has 1 aliphatic carbocycles.